The maximum absolute atomic E-state index is 6.29. The van der Waals surface area contributed by atoms with E-state index in [1.54, 1.807) is 0 Å². The zero-order valence-corrected chi connectivity index (χ0v) is 16.6. The molecule has 1 heteroatoms. The van der Waals surface area contributed by atoms with Crippen molar-refractivity contribution >= 4 is 0 Å². The Morgan fingerprint density at radius 3 is 1.39 bits per heavy atom. The molecule has 0 aliphatic carbocycles. The Bertz CT molecular complexity index is 999. The molecule has 1 heterocycles. The highest BCUT2D eigenvalue weighted by atomic mass is 16.3. The standard InChI is InChI=1S/C27H25O/c1-27(2,3)24-16-14-20(15-17-24)23-18-25(21-10-6-4-7-11-21)28-26(19-23)22-12-8-5-9-13-22/h4-19H,1-3H3/q+1. The first-order chi connectivity index (χ1) is 13.5. The van der Waals surface area contributed by atoms with Gasteiger partial charge < -0.3 is 0 Å². The highest BCUT2D eigenvalue weighted by molar-refractivity contribution is 5.74. The van der Waals surface area contributed by atoms with Gasteiger partial charge in [-0.3, -0.25) is 0 Å². The summed E-state index contributed by atoms with van der Waals surface area (Å²) in [6.07, 6.45) is 0. The first-order valence-electron chi connectivity index (χ1n) is 9.71. The molecule has 0 saturated carbocycles. The highest BCUT2D eigenvalue weighted by Gasteiger charge is 2.21. The van der Waals surface area contributed by atoms with E-state index in [-0.39, 0.29) is 5.41 Å². The van der Waals surface area contributed by atoms with Crippen molar-refractivity contribution < 1.29 is 4.42 Å². The fourth-order valence-corrected chi connectivity index (χ4v) is 3.32. The van der Waals surface area contributed by atoms with Crippen molar-refractivity contribution in [3.05, 3.63) is 103 Å². The van der Waals surface area contributed by atoms with E-state index in [4.69, 9.17) is 4.42 Å². The van der Waals surface area contributed by atoms with Crippen molar-refractivity contribution in [2.45, 2.75) is 26.2 Å². The van der Waals surface area contributed by atoms with Gasteiger partial charge in [-0.1, -0.05) is 81.4 Å². The minimum atomic E-state index is 0.148. The second-order valence-corrected chi connectivity index (χ2v) is 8.13. The van der Waals surface area contributed by atoms with Crippen LogP contribution in [0.3, 0.4) is 0 Å². The summed E-state index contributed by atoms with van der Waals surface area (Å²) in [7, 11) is 0. The van der Waals surface area contributed by atoms with Crippen LogP contribution in [0, 0.1) is 0 Å². The second kappa shape index (κ2) is 7.44. The van der Waals surface area contributed by atoms with Crippen LogP contribution in [0.5, 0.6) is 0 Å². The Labute approximate surface area is 167 Å². The van der Waals surface area contributed by atoms with Crippen LogP contribution in [0.25, 0.3) is 33.8 Å². The van der Waals surface area contributed by atoms with Gasteiger partial charge in [0.2, 0.25) is 0 Å². The summed E-state index contributed by atoms with van der Waals surface area (Å²) in [5.74, 6) is 1.74. The van der Waals surface area contributed by atoms with Gasteiger partial charge in [0.1, 0.15) is 0 Å². The van der Waals surface area contributed by atoms with E-state index in [2.05, 4.69) is 81.4 Å². The van der Waals surface area contributed by atoms with Crippen LogP contribution < -0.4 is 0 Å². The summed E-state index contributed by atoms with van der Waals surface area (Å²) >= 11 is 0. The molecule has 1 aromatic heterocycles. The second-order valence-electron chi connectivity index (χ2n) is 8.13. The van der Waals surface area contributed by atoms with Crippen molar-refractivity contribution in [3.8, 4) is 33.8 Å². The third-order valence-corrected chi connectivity index (χ3v) is 4.99. The van der Waals surface area contributed by atoms with Crippen molar-refractivity contribution in [2.24, 2.45) is 0 Å². The van der Waals surface area contributed by atoms with Gasteiger partial charge in [-0.05, 0) is 40.8 Å². The number of hydrogen-bond acceptors (Lipinski definition) is 0. The fourth-order valence-electron chi connectivity index (χ4n) is 3.32. The van der Waals surface area contributed by atoms with E-state index >= 15 is 0 Å². The smallest absolute Gasteiger partial charge is 0.207 e. The predicted octanol–water partition coefficient (Wildman–Crippen LogP) is 7.86. The van der Waals surface area contributed by atoms with Gasteiger partial charge in [-0.2, -0.15) is 0 Å². The lowest BCUT2D eigenvalue weighted by Crippen LogP contribution is -2.10. The van der Waals surface area contributed by atoms with Gasteiger partial charge in [0.25, 0.3) is 0 Å². The zero-order chi connectivity index (χ0) is 19.6. The summed E-state index contributed by atoms with van der Waals surface area (Å²) in [6, 6.07) is 33.7. The lowest BCUT2D eigenvalue weighted by molar-refractivity contribution is 0.582. The van der Waals surface area contributed by atoms with Crippen LogP contribution >= 0.6 is 0 Å². The largest absolute Gasteiger partial charge is 0.361 e. The minimum absolute atomic E-state index is 0.148. The van der Waals surface area contributed by atoms with Crippen LogP contribution in [0.2, 0.25) is 0 Å². The lowest BCUT2D eigenvalue weighted by atomic mass is 9.86. The summed E-state index contributed by atoms with van der Waals surface area (Å²) in [4.78, 5) is 0. The maximum atomic E-state index is 6.29. The maximum Gasteiger partial charge on any atom is 0.361 e. The minimum Gasteiger partial charge on any atom is -0.207 e. The summed E-state index contributed by atoms with van der Waals surface area (Å²) < 4.78 is 6.29. The van der Waals surface area contributed by atoms with Crippen molar-refractivity contribution in [1.82, 2.24) is 0 Å². The van der Waals surface area contributed by atoms with E-state index in [1.165, 1.54) is 11.1 Å². The van der Waals surface area contributed by atoms with E-state index in [0.29, 0.717) is 0 Å². The summed E-state index contributed by atoms with van der Waals surface area (Å²) in [6.45, 7) is 6.72. The average molecular weight is 365 g/mol. The molecule has 1 nitrogen and oxygen atoms in total. The number of hydrogen-bond donors (Lipinski definition) is 0. The van der Waals surface area contributed by atoms with Gasteiger partial charge in [-0.15, -0.1) is 0 Å². The van der Waals surface area contributed by atoms with E-state index < -0.39 is 0 Å². The molecule has 4 aromatic rings. The Kier molecular flexibility index (Phi) is 4.83. The van der Waals surface area contributed by atoms with Gasteiger partial charge in [-0.25, -0.2) is 4.42 Å². The molecule has 0 fully saturated rings. The lowest BCUT2D eigenvalue weighted by Gasteiger charge is -2.19. The van der Waals surface area contributed by atoms with Gasteiger partial charge in [0.05, 0.1) is 23.3 Å². The molecule has 0 bridgehead atoms. The third-order valence-electron chi connectivity index (χ3n) is 4.99. The molecule has 138 valence electrons. The first kappa shape index (κ1) is 18.2. The molecule has 0 atom stereocenters. The molecule has 3 aromatic carbocycles. The van der Waals surface area contributed by atoms with Crippen molar-refractivity contribution in [2.75, 3.05) is 0 Å². The molecular formula is C27H25O+. The Balaban J connectivity index is 1.85. The normalized spacial score (nSPS) is 11.4. The van der Waals surface area contributed by atoms with E-state index in [0.717, 1.165) is 28.2 Å². The third kappa shape index (κ3) is 3.89. The molecule has 0 aliphatic rings. The monoisotopic (exact) mass is 365 g/mol. The molecule has 0 amide bonds. The quantitative estimate of drug-likeness (QED) is 0.336. The molecule has 0 saturated heterocycles. The number of benzene rings is 3. The molecular weight excluding hydrogens is 340 g/mol. The Morgan fingerprint density at radius 1 is 0.500 bits per heavy atom. The van der Waals surface area contributed by atoms with Crippen LogP contribution in [-0.4, -0.2) is 0 Å². The molecule has 0 unspecified atom stereocenters. The van der Waals surface area contributed by atoms with Gasteiger partial charge in [0, 0.05) is 5.56 Å². The van der Waals surface area contributed by atoms with E-state index in [1.807, 2.05) is 36.4 Å². The van der Waals surface area contributed by atoms with Crippen LogP contribution in [-0.2, 0) is 5.41 Å². The molecule has 0 N–H and O–H groups in total. The van der Waals surface area contributed by atoms with Crippen LogP contribution in [0.15, 0.2) is 101 Å². The van der Waals surface area contributed by atoms with E-state index in [9.17, 15) is 0 Å². The molecule has 0 aliphatic heterocycles. The van der Waals surface area contributed by atoms with Crippen molar-refractivity contribution in [1.29, 1.82) is 0 Å². The number of rotatable bonds is 3. The van der Waals surface area contributed by atoms with Crippen molar-refractivity contribution in [3.63, 3.8) is 0 Å². The van der Waals surface area contributed by atoms with Crippen LogP contribution in [0.1, 0.15) is 26.3 Å². The topological polar surface area (TPSA) is 11.3 Å². The molecule has 0 spiro atoms. The molecule has 28 heavy (non-hydrogen) atoms. The van der Waals surface area contributed by atoms with Gasteiger partial charge >= 0.3 is 11.5 Å². The first-order valence-corrected chi connectivity index (χ1v) is 9.71. The predicted molar refractivity (Wildman–Crippen MR) is 118 cm³/mol. The van der Waals surface area contributed by atoms with Gasteiger partial charge in [0.15, 0.2) is 0 Å². The highest BCUT2D eigenvalue weighted by Crippen LogP contribution is 2.33. The molecule has 4 rings (SSSR count). The molecule has 0 radical (unpaired) electrons. The fraction of sp³-hybridized carbons (Fsp3) is 0.148. The Morgan fingerprint density at radius 2 is 0.964 bits per heavy atom. The summed E-state index contributed by atoms with van der Waals surface area (Å²) in [5.41, 5.74) is 5.99. The van der Waals surface area contributed by atoms with Crippen LogP contribution in [0.4, 0.5) is 0 Å². The average Bonchev–Trinajstić information content (AvgIpc) is 2.74. The Hall–Kier alpha value is -3.19. The SMILES string of the molecule is CC(C)(C)c1ccc(-c2cc(-c3ccccc3)[o+]c(-c3ccccc3)c2)cc1. The summed E-state index contributed by atoms with van der Waals surface area (Å²) in [5, 5.41) is 0. The zero-order valence-electron chi connectivity index (χ0n) is 16.6.